The van der Waals surface area contributed by atoms with Gasteiger partial charge in [0.05, 0.1) is 18.3 Å². The van der Waals surface area contributed by atoms with E-state index in [-0.39, 0.29) is 0 Å². The molecule has 2 aromatic heterocycles. The summed E-state index contributed by atoms with van der Waals surface area (Å²) in [6.07, 6.45) is 4.09. The van der Waals surface area contributed by atoms with Crippen LogP contribution < -0.4 is 10.2 Å². The second-order valence-electron chi connectivity index (χ2n) is 6.49. The molecule has 0 aliphatic carbocycles. The van der Waals surface area contributed by atoms with Gasteiger partial charge in [0.2, 0.25) is 5.95 Å². The lowest BCUT2D eigenvalue weighted by atomic mass is 10.00. The second kappa shape index (κ2) is 6.51. The summed E-state index contributed by atoms with van der Waals surface area (Å²) in [6.45, 7) is 4.98. The number of aromatic nitrogens is 2. The molecule has 3 aromatic rings. The lowest BCUT2D eigenvalue weighted by molar-refractivity contribution is 0.435. The van der Waals surface area contributed by atoms with Crippen molar-refractivity contribution in [2.24, 2.45) is 5.92 Å². The summed E-state index contributed by atoms with van der Waals surface area (Å²) in [5.41, 5.74) is 0.975. The zero-order valence-corrected chi connectivity index (χ0v) is 13.9. The van der Waals surface area contributed by atoms with Crippen molar-refractivity contribution in [2.45, 2.75) is 26.3 Å². The number of rotatable bonds is 4. The highest BCUT2D eigenvalue weighted by Crippen LogP contribution is 2.26. The number of furan rings is 1. The minimum Gasteiger partial charge on any atom is -0.467 e. The Bertz CT molecular complexity index is 807. The van der Waals surface area contributed by atoms with Gasteiger partial charge < -0.3 is 14.6 Å². The highest BCUT2D eigenvalue weighted by Gasteiger charge is 2.19. The number of nitrogens with zero attached hydrogens (tertiary/aromatic N) is 3. The first-order chi connectivity index (χ1) is 11.8. The molecule has 1 fully saturated rings. The van der Waals surface area contributed by atoms with Crippen LogP contribution in [0.3, 0.4) is 0 Å². The van der Waals surface area contributed by atoms with Gasteiger partial charge in [-0.25, -0.2) is 4.98 Å². The van der Waals surface area contributed by atoms with E-state index in [1.54, 1.807) is 6.26 Å². The molecule has 5 nitrogen and oxygen atoms in total. The predicted octanol–water partition coefficient (Wildman–Crippen LogP) is 4.07. The quantitative estimate of drug-likeness (QED) is 0.784. The van der Waals surface area contributed by atoms with Crippen molar-refractivity contribution in [2.75, 3.05) is 23.3 Å². The summed E-state index contributed by atoms with van der Waals surface area (Å²) in [5, 5.41) is 4.45. The Morgan fingerprint density at radius 1 is 1.12 bits per heavy atom. The predicted molar refractivity (Wildman–Crippen MR) is 96.2 cm³/mol. The van der Waals surface area contributed by atoms with Crippen LogP contribution in [0.5, 0.6) is 0 Å². The van der Waals surface area contributed by atoms with Crippen molar-refractivity contribution >= 4 is 22.7 Å². The lowest BCUT2D eigenvalue weighted by Gasteiger charge is -2.30. The summed E-state index contributed by atoms with van der Waals surface area (Å²) < 4.78 is 5.41. The number of benzene rings is 1. The van der Waals surface area contributed by atoms with Gasteiger partial charge in [-0.3, -0.25) is 0 Å². The van der Waals surface area contributed by atoms with Gasteiger partial charge in [-0.2, -0.15) is 4.98 Å². The summed E-state index contributed by atoms with van der Waals surface area (Å²) in [6, 6.07) is 12.0. The Hall–Kier alpha value is -2.56. The largest absolute Gasteiger partial charge is 0.467 e. The number of anilines is 2. The van der Waals surface area contributed by atoms with Crippen LogP contribution in [0.25, 0.3) is 10.9 Å². The number of piperidine rings is 1. The monoisotopic (exact) mass is 322 g/mol. The minimum absolute atomic E-state index is 0.616. The van der Waals surface area contributed by atoms with Crippen molar-refractivity contribution in [1.29, 1.82) is 0 Å². The van der Waals surface area contributed by atoms with Crippen LogP contribution in [-0.4, -0.2) is 23.1 Å². The van der Waals surface area contributed by atoms with E-state index in [9.17, 15) is 0 Å². The van der Waals surface area contributed by atoms with Crippen LogP contribution in [0.2, 0.25) is 0 Å². The Balaban J connectivity index is 1.65. The number of fused-ring (bicyclic) bond motifs is 1. The van der Waals surface area contributed by atoms with Gasteiger partial charge in [-0.15, -0.1) is 0 Å². The molecule has 0 atom stereocenters. The standard InChI is InChI=1S/C19H22N4O/c1-14-8-10-23(11-9-14)19-21-17-7-3-2-6-16(17)18(22-19)20-13-15-5-4-12-24-15/h2-7,12,14H,8-11,13H2,1H3,(H,20,21,22). The topological polar surface area (TPSA) is 54.2 Å². The lowest BCUT2D eigenvalue weighted by Crippen LogP contribution is -2.34. The molecule has 1 aliphatic rings. The van der Waals surface area contributed by atoms with Crippen LogP contribution in [0, 0.1) is 5.92 Å². The smallest absolute Gasteiger partial charge is 0.227 e. The molecule has 5 heteroatoms. The van der Waals surface area contributed by atoms with Crippen molar-refractivity contribution in [3.8, 4) is 0 Å². The average molecular weight is 322 g/mol. The number of hydrogen-bond donors (Lipinski definition) is 1. The molecule has 1 saturated heterocycles. The third-order valence-corrected chi connectivity index (χ3v) is 4.67. The first-order valence-corrected chi connectivity index (χ1v) is 8.57. The van der Waals surface area contributed by atoms with Crippen LogP contribution in [0.15, 0.2) is 47.1 Å². The van der Waals surface area contributed by atoms with E-state index >= 15 is 0 Å². The number of para-hydroxylation sites is 1. The highest BCUT2D eigenvalue weighted by molar-refractivity contribution is 5.90. The van der Waals surface area contributed by atoms with E-state index in [0.29, 0.717) is 6.54 Å². The molecule has 0 amide bonds. The SMILES string of the molecule is CC1CCN(c2nc(NCc3ccco3)c3ccccc3n2)CC1. The molecule has 0 unspecified atom stereocenters. The highest BCUT2D eigenvalue weighted by atomic mass is 16.3. The van der Waals surface area contributed by atoms with Crippen molar-refractivity contribution in [1.82, 2.24) is 9.97 Å². The Kier molecular flexibility index (Phi) is 4.07. The van der Waals surface area contributed by atoms with Gasteiger partial charge in [0, 0.05) is 18.5 Å². The molecule has 4 rings (SSSR count). The summed E-state index contributed by atoms with van der Waals surface area (Å²) in [7, 11) is 0. The fourth-order valence-electron chi connectivity index (χ4n) is 3.13. The van der Waals surface area contributed by atoms with Gasteiger partial charge in [0.25, 0.3) is 0 Å². The molecule has 24 heavy (non-hydrogen) atoms. The summed E-state index contributed by atoms with van der Waals surface area (Å²) >= 11 is 0. The van der Waals surface area contributed by atoms with Gasteiger partial charge >= 0.3 is 0 Å². The van der Waals surface area contributed by atoms with Gasteiger partial charge in [0.1, 0.15) is 11.6 Å². The fourth-order valence-corrected chi connectivity index (χ4v) is 3.13. The molecule has 0 radical (unpaired) electrons. The van der Waals surface area contributed by atoms with Crippen molar-refractivity contribution in [3.05, 3.63) is 48.4 Å². The van der Waals surface area contributed by atoms with Crippen molar-refractivity contribution < 1.29 is 4.42 Å². The van der Waals surface area contributed by atoms with E-state index in [0.717, 1.165) is 47.4 Å². The first-order valence-electron chi connectivity index (χ1n) is 8.57. The molecule has 1 N–H and O–H groups in total. The van der Waals surface area contributed by atoms with Gasteiger partial charge in [0.15, 0.2) is 0 Å². The van der Waals surface area contributed by atoms with Gasteiger partial charge in [-0.05, 0) is 43.0 Å². The Morgan fingerprint density at radius 2 is 1.96 bits per heavy atom. The molecular formula is C19H22N4O. The molecule has 0 saturated carbocycles. The molecule has 3 heterocycles. The van der Waals surface area contributed by atoms with E-state index in [2.05, 4.69) is 23.2 Å². The van der Waals surface area contributed by atoms with E-state index in [4.69, 9.17) is 14.4 Å². The molecule has 0 bridgehead atoms. The van der Waals surface area contributed by atoms with Crippen molar-refractivity contribution in [3.63, 3.8) is 0 Å². The van der Waals surface area contributed by atoms with Crippen LogP contribution in [-0.2, 0) is 6.54 Å². The molecular weight excluding hydrogens is 300 g/mol. The Morgan fingerprint density at radius 3 is 2.75 bits per heavy atom. The first kappa shape index (κ1) is 15.0. The van der Waals surface area contributed by atoms with E-state index in [1.165, 1.54) is 12.8 Å². The van der Waals surface area contributed by atoms with E-state index in [1.807, 2.05) is 30.3 Å². The zero-order chi connectivity index (χ0) is 16.4. The van der Waals surface area contributed by atoms with Crippen LogP contribution in [0.1, 0.15) is 25.5 Å². The van der Waals surface area contributed by atoms with Crippen LogP contribution in [0.4, 0.5) is 11.8 Å². The minimum atomic E-state index is 0.616. The van der Waals surface area contributed by atoms with Crippen LogP contribution >= 0.6 is 0 Å². The number of nitrogens with one attached hydrogen (secondary N) is 1. The second-order valence-corrected chi connectivity index (χ2v) is 6.49. The van der Waals surface area contributed by atoms with Gasteiger partial charge in [-0.1, -0.05) is 19.1 Å². The molecule has 124 valence electrons. The summed E-state index contributed by atoms with van der Waals surface area (Å²) in [4.78, 5) is 11.9. The zero-order valence-electron chi connectivity index (χ0n) is 13.9. The molecule has 1 aromatic carbocycles. The van der Waals surface area contributed by atoms with E-state index < -0.39 is 0 Å². The normalized spacial score (nSPS) is 15.8. The molecule has 1 aliphatic heterocycles. The average Bonchev–Trinajstić information content (AvgIpc) is 3.13. The third-order valence-electron chi connectivity index (χ3n) is 4.67. The fraction of sp³-hybridized carbons (Fsp3) is 0.368. The maximum absolute atomic E-state index is 5.41. The molecule has 0 spiro atoms. The maximum atomic E-state index is 5.41. The Labute approximate surface area is 141 Å². The number of hydrogen-bond acceptors (Lipinski definition) is 5. The third kappa shape index (κ3) is 3.07. The maximum Gasteiger partial charge on any atom is 0.227 e. The summed E-state index contributed by atoms with van der Waals surface area (Å²) in [5.74, 6) is 3.37.